The lowest BCUT2D eigenvalue weighted by atomic mass is 9.96. The molecule has 1 aromatic rings. The van der Waals surface area contributed by atoms with E-state index in [1.165, 1.54) is 6.42 Å². The zero-order valence-corrected chi connectivity index (χ0v) is 12.9. The van der Waals surface area contributed by atoms with Crippen LogP contribution in [-0.2, 0) is 5.41 Å². The first-order chi connectivity index (χ1) is 9.41. The van der Waals surface area contributed by atoms with Crippen LogP contribution in [0.1, 0.15) is 50.1 Å². The molecule has 0 radical (unpaired) electrons. The largest absolute Gasteiger partial charge is 0.336 e. The number of aromatic nitrogens is 3. The van der Waals surface area contributed by atoms with Crippen molar-refractivity contribution in [2.45, 2.75) is 39.0 Å². The van der Waals surface area contributed by atoms with Crippen molar-refractivity contribution in [3.05, 3.63) is 11.6 Å². The normalized spacial score (nSPS) is 20.2. The Morgan fingerprint density at radius 1 is 1.50 bits per heavy atom. The number of aromatic amines is 1. The quantitative estimate of drug-likeness (QED) is 0.871. The third-order valence-corrected chi connectivity index (χ3v) is 3.69. The van der Waals surface area contributed by atoms with E-state index in [1.807, 2.05) is 32.7 Å². The van der Waals surface area contributed by atoms with Gasteiger partial charge in [0.25, 0.3) is 5.91 Å². The van der Waals surface area contributed by atoms with Gasteiger partial charge in [0.1, 0.15) is 5.82 Å². The van der Waals surface area contributed by atoms with E-state index in [9.17, 15) is 4.79 Å². The summed E-state index contributed by atoms with van der Waals surface area (Å²) in [5, 5.41) is 10.2. The second kappa shape index (κ2) is 5.91. The van der Waals surface area contributed by atoms with E-state index in [-0.39, 0.29) is 11.3 Å². The number of carbonyl (C=O) groups is 1. The molecule has 6 nitrogen and oxygen atoms in total. The van der Waals surface area contributed by atoms with Crippen LogP contribution in [0.15, 0.2) is 0 Å². The fourth-order valence-corrected chi connectivity index (χ4v) is 2.54. The van der Waals surface area contributed by atoms with Gasteiger partial charge in [0, 0.05) is 18.5 Å². The highest BCUT2D eigenvalue weighted by atomic mass is 16.2. The third kappa shape index (κ3) is 3.36. The number of carbonyl (C=O) groups excluding carboxylic acids is 1. The first kappa shape index (κ1) is 15.0. The molecule has 1 atom stereocenters. The van der Waals surface area contributed by atoms with Crippen LogP contribution in [0.4, 0.5) is 0 Å². The highest BCUT2D eigenvalue weighted by Gasteiger charge is 2.28. The second-order valence-electron chi connectivity index (χ2n) is 6.57. The van der Waals surface area contributed by atoms with E-state index in [0.29, 0.717) is 11.7 Å². The number of rotatable bonds is 3. The molecule has 0 aliphatic carbocycles. The lowest BCUT2D eigenvalue weighted by molar-refractivity contribution is 0.0662. The summed E-state index contributed by atoms with van der Waals surface area (Å²) in [6.45, 7) is 8.69. The van der Waals surface area contributed by atoms with Crippen molar-refractivity contribution in [3.8, 4) is 0 Å². The van der Waals surface area contributed by atoms with Gasteiger partial charge in [-0.1, -0.05) is 20.8 Å². The van der Waals surface area contributed by atoms with E-state index in [2.05, 4.69) is 20.5 Å². The lowest BCUT2D eigenvalue weighted by Crippen LogP contribution is -2.42. The minimum atomic E-state index is -0.123. The molecule has 0 aromatic carbocycles. The predicted octanol–water partition coefficient (Wildman–Crippen LogP) is 1.17. The van der Waals surface area contributed by atoms with Gasteiger partial charge in [-0.05, 0) is 32.4 Å². The summed E-state index contributed by atoms with van der Waals surface area (Å²) in [5.74, 6) is 1.51. The van der Waals surface area contributed by atoms with E-state index >= 15 is 0 Å². The van der Waals surface area contributed by atoms with Crippen molar-refractivity contribution in [3.63, 3.8) is 0 Å². The summed E-state index contributed by atoms with van der Waals surface area (Å²) in [6.07, 6.45) is 2.22. The molecule has 20 heavy (non-hydrogen) atoms. The Labute approximate surface area is 120 Å². The monoisotopic (exact) mass is 279 g/mol. The Morgan fingerprint density at radius 2 is 2.25 bits per heavy atom. The van der Waals surface area contributed by atoms with E-state index < -0.39 is 0 Å². The topological polar surface area (TPSA) is 73.9 Å². The zero-order valence-electron chi connectivity index (χ0n) is 12.9. The van der Waals surface area contributed by atoms with Crippen molar-refractivity contribution < 1.29 is 4.79 Å². The van der Waals surface area contributed by atoms with Crippen LogP contribution in [-0.4, -0.2) is 52.7 Å². The Balaban J connectivity index is 2.05. The molecule has 2 rings (SSSR count). The van der Waals surface area contributed by atoms with Crippen LogP contribution < -0.4 is 5.32 Å². The number of hydrogen-bond donors (Lipinski definition) is 2. The smallest absolute Gasteiger partial charge is 0.293 e. The molecule has 1 aliphatic heterocycles. The zero-order chi connectivity index (χ0) is 14.8. The fourth-order valence-electron chi connectivity index (χ4n) is 2.54. The van der Waals surface area contributed by atoms with Crippen LogP contribution >= 0.6 is 0 Å². The Kier molecular flexibility index (Phi) is 4.42. The molecule has 1 unspecified atom stereocenters. The van der Waals surface area contributed by atoms with Crippen LogP contribution in [0.3, 0.4) is 0 Å². The van der Waals surface area contributed by atoms with Crippen LogP contribution in [0.2, 0.25) is 0 Å². The maximum atomic E-state index is 12.5. The lowest BCUT2D eigenvalue weighted by Gasteiger charge is -2.31. The Bertz CT molecular complexity index is 460. The molecule has 0 bridgehead atoms. The minimum Gasteiger partial charge on any atom is -0.336 e. The van der Waals surface area contributed by atoms with Gasteiger partial charge >= 0.3 is 0 Å². The molecule has 2 N–H and O–H groups in total. The summed E-state index contributed by atoms with van der Waals surface area (Å²) in [6, 6.07) is 0. The van der Waals surface area contributed by atoms with Gasteiger partial charge in [-0.25, -0.2) is 4.98 Å². The number of piperidine rings is 1. The molecule has 1 aliphatic rings. The van der Waals surface area contributed by atoms with Crippen LogP contribution in [0, 0.1) is 5.92 Å². The van der Waals surface area contributed by atoms with E-state index in [4.69, 9.17) is 0 Å². The summed E-state index contributed by atoms with van der Waals surface area (Å²) >= 11 is 0. The average molecular weight is 279 g/mol. The molecule has 1 aromatic heterocycles. The van der Waals surface area contributed by atoms with Gasteiger partial charge in [0.05, 0.1) is 0 Å². The highest BCUT2D eigenvalue weighted by Crippen LogP contribution is 2.20. The number of hydrogen-bond acceptors (Lipinski definition) is 4. The molecule has 2 heterocycles. The molecule has 1 saturated heterocycles. The van der Waals surface area contributed by atoms with Crippen molar-refractivity contribution >= 4 is 5.91 Å². The van der Waals surface area contributed by atoms with E-state index in [1.54, 1.807) is 0 Å². The summed E-state index contributed by atoms with van der Waals surface area (Å²) in [4.78, 5) is 18.7. The molecular weight excluding hydrogens is 254 g/mol. The van der Waals surface area contributed by atoms with E-state index in [0.717, 1.165) is 31.9 Å². The number of nitrogens with zero attached hydrogens (tertiary/aromatic N) is 3. The maximum Gasteiger partial charge on any atom is 0.293 e. The summed E-state index contributed by atoms with van der Waals surface area (Å²) in [5.41, 5.74) is -0.123. The Morgan fingerprint density at radius 3 is 2.85 bits per heavy atom. The van der Waals surface area contributed by atoms with Crippen LogP contribution in [0.5, 0.6) is 0 Å². The summed E-state index contributed by atoms with van der Waals surface area (Å²) < 4.78 is 0. The van der Waals surface area contributed by atoms with Crippen molar-refractivity contribution in [1.29, 1.82) is 0 Å². The number of amides is 1. The van der Waals surface area contributed by atoms with Gasteiger partial charge in [0.15, 0.2) is 0 Å². The second-order valence-corrected chi connectivity index (χ2v) is 6.57. The number of H-pyrrole nitrogens is 1. The summed E-state index contributed by atoms with van der Waals surface area (Å²) in [7, 11) is 1.95. The average Bonchev–Trinajstić information content (AvgIpc) is 2.88. The third-order valence-electron chi connectivity index (χ3n) is 3.69. The number of likely N-dealkylation sites (tertiary alicyclic amines) is 1. The molecule has 112 valence electrons. The van der Waals surface area contributed by atoms with Gasteiger partial charge in [-0.3, -0.25) is 9.89 Å². The minimum absolute atomic E-state index is 0.0578. The Hall–Kier alpha value is -1.43. The van der Waals surface area contributed by atoms with Crippen molar-refractivity contribution in [2.24, 2.45) is 5.92 Å². The van der Waals surface area contributed by atoms with Gasteiger partial charge in [-0.15, -0.1) is 5.10 Å². The standard InChI is InChI=1S/C14H25N5O/c1-14(2,3)13-16-11(17-18-13)12(20)19-7-5-6-10(9-19)8-15-4/h10,15H,5-9H2,1-4H3,(H,16,17,18). The molecule has 1 fully saturated rings. The van der Waals surface area contributed by atoms with Crippen molar-refractivity contribution in [1.82, 2.24) is 25.4 Å². The van der Waals surface area contributed by atoms with Gasteiger partial charge in [0.2, 0.25) is 5.82 Å². The molecule has 0 saturated carbocycles. The first-order valence-electron chi connectivity index (χ1n) is 7.28. The van der Waals surface area contributed by atoms with Crippen molar-refractivity contribution in [2.75, 3.05) is 26.7 Å². The predicted molar refractivity (Wildman–Crippen MR) is 77.6 cm³/mol. The molecule has 6 heteroatoms. The van der Waals surface area contributed by atoms with Gasteiger partial charge < -0.3 is 10.2 Å². The highest BCUT2D eigenvalue weighted by molar-refractivity contribution is 5.90. The molecule has 1 amide bonds. The molecule has 0 spiro atoms. The molecular formula is C14H25N5O. The fraction of sp³-hybridized carbons (Fsp3) is 0.786. The SMILES string of the molecule is CNCC1CCCN(C(=O)c2n[nH]c(C(C)(C)C)n2)C1. The van der Waals surface area contributed by atoms with Crippen LogP contribution in [0.25, 0.3) is 0 Å². The number of nitrogens with one attached hydrogen (secondary N) is 2. The maximum absolute atomic E-state index is 12.5. The van der Waals surface area contributed by atoms with Gasteiger partial charge in [-0.2, -0.15) is 0 Å². The first-order valence-corrected chi connectivity index (χ1v) is 7.28.